The zero-order valence-corrected chi connectivity index (χ0v) is 8.25. The Bertz CT molecular complexity index is 223. The van der Waals surface area contributed by atoms with Gasteiger partial charge in [0.05, 0.1) is 12.2 Å². The molecule has 68 valence electrons. The van der Waals surface area contributed by atoms with Gasteiger partial charge < -0.3 is 0 Å². The van der Waals surface area contributed by atoms with E-state index in [4.69, 9.17) is 0 Å². The third-order valence-corrected chi connectivity index (χ3v) is 2.38. The van der Waals surface area contributed by atoms with Crippen molar-refractivity contribution in [3.8, 4) is 0 Å². The fourth-order valence-corrected chi connectivity index (χ4v) is 1.42. The number of rotatable bonds is 4. The van der Waals surface area contributed by atoms with Crippen LogP contribution in [0.3, 0.4) is 0 Å². The summed E-state index contributed by atoms with van der Waals surface area (Å²) >= 11 is 0. The highest BCUT2D eigenvalue weighted by Gasteiger charge is 2.06. The summed E-state index contributed by atoms with van der Waals surface area (Å²) in [5, 5.41) is 4.35. The molecule has 0 atom stereocenters. The van der Waals surface area contributed by atoms with E-state index in [1.165, 1.54) is 18.4 Å². The van der Waals surface area contributed by atoms with Crippen molar-refractivity contribution in [1.82, 2.24) is 9.78 Å². The second kappa shape index (κ2) is 4.29. The van der Waals surface area contributed by atoms with Crippen molar-refractivity contribution in [2.75, 3.05) is 0 Å². The first-order valence-electron chi connectivity index (χ1n) is 4.84. The average molecular weight is 166 g/mol. The van der Waals surface area contributed by atoms with Crippen LogP contribution in [0.5, 0.6) is 0 Å². The Morgan fingerprint density at radius 1 is 1.33 bits per heavy atom. The van der Waals surface area contributed by atoms with Crippen molar-refractivity contribution in [2.24, 2.45) is 0 Å². The molecule has 0 aliphatic rings. The van der Waals surface area contributed by atoms with Gasteiger partial charge >= 0.3 is 0 Å². The van der Waals surface area contributed by atoms with Crippen LogP contribution in [-0.2, 0) is 6.42 Å². The lowest BCUT2D eigenvalue weighted by Gasteiger charge is -2.11. The molecule has 1 rings (SSSR count). The minimum atomic E-state index is 0.588. The van der Waals surface area contributed by atoms with Gasteiger partial charge in [0.1, 0.15) is 0 Å². The van der Waals surface area contributed by atoms with Crippen molar-refractivity contribution >= 4 is 0 Å². The van der Waals surface area contributed by atoms with Crippen molar-refractivity contribution in [2.45, 2.75) is 46.1 Å². The largest absolute Gasteiger partial charge is 0.269 e. The van der Waals surface area contributed by atoms with E-state index >= 15 is 0 Å². The van der Waals surface area contributed by atoms with Crippen LogP contribution in [0.4, 0.5) is 0 Å². The summed E-state index contributed by atoms with van der Waals surface area (Å²) in [6, 6.07) is 0.588. The van der Waals surface area contributed by atoms with Crippen LogP contribution < -0.4 is 0 Å². The molecule has 1 heterocycles. The van der Waals surface area contributed by atoms with Gasteiger partial charge in [0.2, 0.25) is 0 Å². The molecule has 0 amide bonds. The summed E-state index contributed by atoms with van der Waals surface area (Å²) in [6.45, 7) is 6.58. The molecule has 0 spiro atoms. The molecule has 1 aromatic rings. The van der Waals surface area contributed by atoms with Crippen LogP contribution in [-0.4, -0.2) is 9.78 Å². The van der Waals surface area contributed by atoms with Crippen LogP contribution in [0.15, 0.2) is 12.4 Å². The van der Waals surface area contributed by atoms with E-state index in [-0.39, 0.29) is 0 Å². The van der Waals surface area contributed by atoms with Gasteiger partial charge in [-0.3, -0.25) is 4.68 Å². The van der Waals surface area contributed by atoms with Crippen LogP contribution in [0.25, 0.3) is 0 Å². The molecule has 2 nitrogen and oxygen atoms in total. The SMILES string of the molecule is CCc1cnn(C(CC)CC)c1. The Morgan fingerprint density at radius 2 is 2.00 bits per heavy atom. The predicted molar refractivity (Wildman–Crippen MR) is 51.2 cm³/mol. The maximum Gasteiger partial charge on any atom is 0.0521 e. The molecule has 0 aliphatic carbocycles. The summed E-state index contributed by atoms with van der Waals surface area (Å²) in [4.78, 5) is 0. The van der Waals surface area contributed by atoms with Gasteiger partial charge in [0.25, 0.3) is 0 Å². The molecule has 0 N–H and O–H groups in total. The Labute approximate surface area is 74.6 Å². The van der Waals surface area contributed by atoms with Crippen LogP contribution in [0.2, 0.25) is 0 Å². The molecule has 0 unspecified atom stereocenters. The Morgan fingerprint density at radius 3 is 2.42 bits per heavy atom. The lowest BCUT2D eigenvalue weighted by Crippen LogP contribution is -2.06. The number of aryl methyl sites for hydroxylation is 1. The van der Waals surface area contributed by atoms with E-state index in [2.05, 4.69) is 36.7 Å². The maximum atomic E-state index is 4.35. The molecule has 0 aliphatic heterocycles. The van der Waals surface area contributed by atoms with E-state index in [9.17, 15) is 0 Å². The summed E-state index contributed by atoms with van der Waals surface area (Å²) in [6.07, 6.45) is 7.55. The van der Waals surface area contributed by atoms with E-state index in [0.29, 0.717) is 6.04 Å². The van der Waals surface area contributed by atoms with Gasteiger partial charge in [-0.1, -0.05) is 20.8 Å². The van der Waals surface area contributed by atoms with Crippen LogP contribution in [0, 0.1) is 0 Å². The molecular weight excluding hydrogens is 148 g/mol. The quantitative estimate of drug-likeness (QED) is 0.672. The lowest BCUT2D eigenvalue weighted by molar-refractivity contribution is 0.428. The molecule has 0 aromatic carbocycles. The zero-order chi connectivity index (χ0) is 8.97. The molecule has 0 radical (unpaired) electrons. The number of nitrogens with zero attached hydrogens (tertiary/aromatic N) is 2. The van der Waals surface area contributed by atoms with E-state index in [1.54, 1.807) is 0 Å². The average Bonchev–Trinajstić information content (AvgIpc) is 2.55. The van der Waals surface area contributed by atoms with Crippen molar-refractivity contribution < 1.29 is 0 Å². The van der Waals surface area contributed by atoms with Crippen molar-refractivity contribution in [3.05, 3.63) is 18.0 Å². The second-order valence-electron chi connectivity index (χ2n) is 3.15. The molecule has 2 heteroatoms. The second-order valence-corrected chi connectivity index (χ2v) is 3.15. The van der Waals surface area contributed by atoms with Crippen LogP contribution in [0.1, 0.15) is 45.2 Å². The minimum Gasteiger partial charge on any atom is -0.269 e. The smallest absolute Gasteiger partial charge is 0.0521 e. The number of hydrogen-bond acceptors (Lipinski definition) is 1. The normalized spacial score (nSPS) is 11.0. The molecule has 0 bridgehead atoms. The highest BCUT2D eigenvalue weighted by atomic mass is 15.3. The minimum absolute atomic E-state index is 0.588. The van der Waals surface area contributed by atoms with Gasteiger partial charge in [-0.25, -0.2) is 0 Å². The van der Waals surface area contributed by atoms with Crippen molar-refractivity contribution in [3.63, 3.8) is 0 Å². The molecule has 1 aromatic heterocycles. The highest BCUT2D eigenvalue weighted by molar-refractivity contribution is 5.03. The highest BCUT2D eigenvalue weighted by Crippen LogP contribution is 2.14. The lowest BCUT2D eigenvalue weighted by atomic mass is 10.2. The first-order chi connectivity index (χ1) is 5.81. The predicted octanol–water partition coefficient (Wildman–Crippen LogP) is 2.81. The topological polar surface area (TPSA) is 17.8 Å². The van der Waals surface area contributed by atoms with E-state index in [1.807, 2.05) is 6.20 Å². The fourth-order valence-electron chi connectivity index (χ4n) is 1.42. The van der Waals surface area contributed by atoms with Gasteiger partial charge in [-0.15, -0.1) is 0 Å². The Kier molecular flexibility index (Phi) is 3.32. The first-order valence-corrected chi connectivity index (χ1v) is 4.84. The maximum absolute atomic E-state index is 4.35. The number of aromatic nitrogens is 2. The summed E-state index contributed by atoms with van der Waals surface area (Å²) < 4.78 is 2.10. The van der Waals surface area contributed by atoms with Gasteiger partial charge in [0.15, 0.2) is 0 Å². The Balaban J connectivity index is 2.72. The molecule has 0 saturated carbocycles. The third kappa shape index (κ3) is 1.87. The van der Waals surface area contributed by atoms with E-state index < -0.39 is 0 Å². The van der Waals surface area contributed by atoms with Gasteiger partial charge in [0, 0.05) is 6.20 Å². The van der Waals surface area contributed by atoms with Crippen molar-refractivity contribution in [1.29, 1.82) is 0 Å². The standard InChI is InChI=1S/C10H18N2/c1-4-9-7-11-12(8-9)10(5-2)6-3/h7-8,10H,4-6H2,1-3H3. The molecule has 0 fully saturated rings. The van der Waals surface area contributed by atoms with Gasteiger partial charge in [-0.2, -0.15) is 5.10 Å². The molecular formula is C10H18N2. The number of hydrogen-bond donors (Lipinski definition) is 0. The Hall–Kier alpha value is -0.790. The monoisotopic (exact) mass is 166 g/mol. The van der Waals surface area contributed by atoms with E-state index in [0.717, 1.165) is 6.42 Å². The summed E-state index contributed by atoms with van der Waals surface area (Å²) in [5.41, 5.74) is 1.34. The fraction of sp³-hybridized carbons (Fsp3) is 0.700. The zero-order valence-electron chi connectivity index (χ0n) is 8.25. The summed E-state index contributed by atoms with van der Waals surface area (Å²) in [7, 11) is 0. The third-order valence-electron chi connectivity index (χ3n) is 2.38. The summed E-state index contributed by atoms with van der Waals surface area (Å²) in [5.74, 6) is 0. The first kappa shape index (κ1) is 9.30. The van der Waals surface area contributed by atoms with Gasteiger partial charge in [-0.05, 0) is 24.8 Å². The molecule has 0 saturated heterocycles. The molecule has 12 heavy (non-hydrogen) atoms. The van der Waals surface area contributed by atoms with Crippen LogP contribution >= 0.6 is 0 Å².